The first kappa shape index (κ1) is 11.2. The first-order valence-corrected chi connectivity index (χ1v) is 5.73. The van der Waals surface area contributed by atoms with E-state index in [1.165, 1.54) is 13.3 Å². The molecule has 2 aliphatic carbocycles. The first-order chi connectivity index (χ1) is 7.00. The smallest absolute Gasteiger partial charge is 0.365 e. The summed E-state index contributed by atoms with van der Waals surface area (Å²) in [4.78, 5) is 0. The molecule has 1 nitrogen and oxygen atoms in total. The van der Waals surface area contributed by atoms with Gasteiger partial charge in [0.05, 0.1) is 6.10 Å². The highest BCUT2D eigenvalue weighted by molar-refractivity contribution is 4.91. The summed E-state index contributed by atoms with van der Waals surface area (Å²) in [7, 11) is 0. The third kappa shape index (κ3) is 2.30. The Morgan fingerprint density at radius 1 is 1.27 bits per heavy atom. The lowest BCUT2D eigenvalue weighted by atomic mass is 9.97. The lowest BCUT2D eigenvalue weighted by Crippen LogP contribution is -2.36. The minimum absolute atomic E-state index is 0.0252. The average Bonchev–Trinajstić information content (AvgIpc) is 2.72. The van der Waals surface area contributed by atoms with Gasteiger partial charge in [-0.05, 0) is 43.9 Å². The van der Waals surface area contributed by atoms with Gasteiger partial charge in [0.15, 0.2) is 6.10 Å². The van der Waals surface area contributed by atoms with Gasteiger partial charge in [0.1, 0.15) is 0 Å². The molecule has 88 valence electrons. The Bertz CT molecular complexity index is 226. The summed E-state index contributed by atoms with van der Waals surface area (Å²) < 4.78 is 42.7. The van der Waals surface area contributed by atoms with Gasteiger partial charge in [-0.15, -0.1) is 0 Å². The maximum absolute atomic E-state index is 12.5. The molecule has 0 N–H and O–H groups in total. The first-order valence-electron chi connectivity index (χ1n) is 5.73. The number of hydrogen-bond donors (Lipinski definition) is 0. The summed E-state index contributed by atoms with van der Waals surface area (Å²) in [5.41, 5.74) is 0. The van der Waals surface area contributed by atoms with Crippen molar-refractivity contribution in [1.29, 1.82) is 0 Å². The molecule has 0 amide bonds. The zero-order valence-electron chi connectivity index (χ0n) is 8.89. The van der Waals surface area contributed by atoms with E-state index in [1.54, 1.807) is 0 Å². The fourth-order valence-electron chi connectivity index (χ4n) is 2.97. The van der Waals surface area contributed by atoms with Crippen molar-refractivity contribution in [1.82, 2.24) is 0 Å². The molecule has 0 heterocycles. The summed E-state index contributed by atoms with van der Waals surface area (Å²) in [5, 5.41) is 0. The Hall–Kier alpha value is -0.250. The van der Waals surface area contributed by atoms with Gasteiger partial charge in [-0.25, -0.2) is 0 Å². The van der Waals surface area contributed by atoms with E-state index >= 15 is 0 Å². The molecular formula is C11H17F3O. The van der Waals surface area contributed by atoms with Crippen LogP contribution in [0.2, 0.25) is 0 Å². The van der Waals surface area contributed by atoms with Crippen molar-refractivity contribution in [3.05, 3.63) is 0 Å². The van der Waals surface area contributed by atoms with Crippen molar-refractivity contribution >= 4 is 0 Å². The third-order valence-corrected chi connectivity index (χ3v) is 3.75. The molecule has 4 unspecified atom stereocenters. The number of rotatable bonds is 3. The Kier molecular flexibility index (Phi) is 2.97. The molecule has 0 saturated heterocycles. The lowest BCUT2D eigenvalue weighted by Gasteiger charge is -2.28. The zero-order chi connectivity index (χ0) is 11.1. The van der Waals surface area contributed by atoms with Crippen molar-refractivity contribution in [2.45, 2.75) is 57.4 Å². The summed E-state index contributed by atoms with van der Waals surface area (Å²) in [6.07, 6.45) is -1.68. The average molecular weight is 222 g/mol. The van der Waals surface area contributed by atoms with Crippen LogP contribution in [0.25, 0.3) is 0 Å². The Morgan fingerprint density at radius 3 is 2.40 bits per heavy atom. The second-order valence-electron chi connectivity index (χ2n) is 4.79. The molecule has 0 aromatic carbocycles. The molecule has 4 heteroatoms. The quantitative estimate of drug-likeness (QED) is 0.709. The zero-order valence-corrected chi connectivity index (χ0v) is 8.89. The largest absolute Gasteiger partial charge is 0.414 e. The van der Waals surface area contributed by atoms with Crippen LogP contribution in [0.5, 0.6) is 0 Å². The summed E-state index contributed by atoms with van der Waals surface area (Å²) in [5.74, 6) is 1.03. The van der Waals surface area contributed by atoms with E-state index in [2.05, 4.69) is 0 Å². The van der Waals surface area contributed by atoms with E-state index in [-0.39, 0.29) is 12.5 Å². The predicted octanol–water partition coefficient (Wildman–Crippen LogP) is 3.53. The van der Waals surface area contributed by atoms with Crippen LogP contribution in [0, 0.1) is 11.8 Å². The highest BCUT2D eigenvalue weighted by atomic mass is 19.4. The second-order valence-corrected chi connectivity index (χ2v) is 4.79. The summed E-state index contributed by atoms with van der Waals surface area (Å²) in [6.45, 7) is 1.53. The van der Waals surface area contributed by atoms with Crippen molar-refractivity contribution < 1.29 is 17.9 Å². The highest BCUT2D eigenvalue weighted by Crippen LogP contribution is 2.47. The number of fused-ring (bicyclic) bond motifs is 2. The van der Waals surface area contributed by atoms with Crippen LogP contribution in [0.3, 0.4) is 0 Å². The summed E-state index contributed by atoms with van der Waals surface area (Å²) >= 11 is 0. The van der Waals surface area contributed by atoms with Crippen molar-refractivity contribution in [2.24, 2.45) is 11.8 Å². The standard InChI is InChI=1S/C11H17F3O/c1-2-10(11(12,13)14)15-9-6-7-3-4-8(9)5-7/h7-10H,2-6H2,1H3. The minimum Gasteiger partial charge on any atom is -0.365 e. The van der Waals surface area contributed by atoms with E-state index in [9.17, 15) is 13.2 Å². The number of halogens is 3. The van der Waals surface area contributed by atoms with E-state index < -0.39 is 12.3 Å². The topological polar surface area (TPSA) is 9.23 Å². The predicted molar refractivity (Wildman–Crippen MR) is 50.5 cm³/mol. The number of ether oxygens (including phenoxy) is 1. The normalized spacial score (nSPS) is 37.2. The minimum atomic E-state index is -4.20. The van der Waals surface area contributed by atoms with Gasteiger partial charge in [0, 0.05) is 0 Å². The number of hydrogen-bond acceptors (Lipinski definition) is 1. The lowest BCUT2D eigenvalue weighted by molar-refractivity contribution is -0.238. The van der Waals surface area contributed by atoms with Crippen LogP contribution in [-0.4, -0.2) is 18.4 Å². The maximum Gasteiger partial charge on any atom is 0.414 e. The van der Waals surface area contributed by atoms with Crippen molar-refractivity contribution in [3.63, 3.8) is 0 Å². The Morgan fingerprint density at radius 2 is 2.00 bits per heavy atom. The number of alkyl halides is 3. The molecular weight excluding hydrogens is 205 g/mol. The van der Waals surface area contributed by atoms with Crippen LogP contribution in [0.1, 0.15) is 39.0 Å². The molecule has 2 aliphatic rings. The maximum atomic E-state index is 12.5. The Balaban J connectivity index is 1.90. The van der Waals surface area contributed by atoms with Crippen LogP contribution in [0.4, 0.5) is 13.2 Å². The van der Waals surface area contributed by atoms with Crippen LogP contribution in [-0.2, 0) is 4.74 Å². The van der Waals surface area contributed by atoms with Crippen molar-refractivity contribution in [3.8, 4) is 0 Å². The van der Waals surface area contributed by atoms with E-state index in [0.717, 1.165) is 19.3 Å². The van der Waals surface area contributed by atoms with Gasteiger partial charge in [-0.1, -0.05) is 6.92 Å². The fraction of sp³-hybridized carbons (Fsp3) is 1.00. The van der Waals surface area contributed by atoms with Gasteiger partial charge < -0.3 is 4.74 Å². The van der Waals surface area contributed by atoms with E-state index in [1.807, 2.05) is 0 Å². The third-order valence-electron chi connectivity index (χ3n) is 3.75. The molecule has 2 bridgehead atoms. The molecule has 0 radical (unpaired) electrons. The van der Waals surface area contributed by atoms with Gasteiger partial charge in [0.25, 0.3) is 0 Å². The van der Waals surface area contributed by atoms with Gasteiger partial charge in [-0.2, -0.15) is 13.2 Å². The monoisotopic (exact) mass is 222 g/mol. The second kappa shape index (κ2) is 3.96. The highest BCUT2D eigenvalue weighted by Gasteiger charge is 2.46. The van der Waals surface area contributed by atoms with Crippen LogP contribution >= 0.6 is 0 Å². The molecule has 0 aromatic heterocycles. The van der Waals surface area contributed by atoms with Crippen molar-refractivity contribution in [2.75, 3.05) is 0 Å². The van der Waals surface area contributed by atoms with Gasteiger partial charge >= 0.3 is 6.18 Å². The van der Waals surface area contributed by atoms with Gasteiger partial charge in [-0.3, -0.25) is 0 Å². The fourth-order valence-corrected chi connectivity index (χ4v) is 2.97. The Labute approximate surface area is 88.0 Å². The van der Waals surface area contributed by atoms with Crippen LogP contribution in [0.15, 0.2) is 0 Å². The molecule has 2 fully saturated rings. The molecule has 4 atom stereocenters. The molecule has 2 saturated carbocycles. The molecule has 15 heavy (non-hydrogen) atoms. The SMILES string of the molecule is CCC(OC1CC2CCC1C2)C(F)(F)F. The summed E-state index contributed by atoms with van der Waals surface area (Å²) in [6, 6.07) is 0. The van der Waals surface area contributed by atoms with E-state index in [0.29, 0.717) is 11.8 Å². The van der Waals surface area contributed by atoms with Gasteiger partial charge in [0.2, 0.25) is 0 Å². The molecule has 2 rings (SSSR count). The van der Waals surface area contributed by atoms with Crippen LogP contribution < -0.4 is 0 Å². The molecule has 0 aromatic rings. The molecule has 0 aliphatic heterocycles. The molecule has 0 spiro atoms. The van der Waals surface area contributed by atoms with E-state index in [4.69, 9.17) is 4.74 Å².